The van der Waals surface area contributed by atoms with Crippen LogP contribution in [0.5, 0.6) is 11.5 Å². The van der Waals surface area contributed by atoms with E-state index in [1.165, 1.54) is 6.08 Å². The second-order valence-corrected chi connectivity index (χ2v) is 6.52. The van der Waals surface area contributed by atoms with Crippen LogP contribution in [0, 0.1) is 0 Å². The molecule has 0 unspecified atom stereocenters. The number of rotatable bonds is 5. The standard InChI is InChI=1S/C21H17ClN2O4/c22-17-4-2-1-3-14(17)6-8-21(25)23-13-16-12-19(28-24-16)15-5-7-18-20(11-15)27-10-9-26-18/h1-8,11-12H,9-10,13H2,(H,23,25)/b8-6+. The van der Waals surface area contributed by atoms with Crippen LogP contribution in [-0.4, -0.2) is 24.3 Å². The van der Waals surface area contributed by atoms with Gasteiger partial charge in [0.25, 0.3) is 0 Å². The van der Waals surface area contributed by atoms with Crippen molar-refractivity contribution < 1.29 is 18.8 Å². The van der Waals surface area contributed by atoms with Gasteiger partial charge in [-0.1, -0.05) is 35.0 Å². The molecule has 6 nitrogen and oxygen atoms in total. The fourth-order valence-electron chi connectivity index (χ4n) is 2.74. The van der Waals surface area contributed by atoms with E-state index in [0.717, 1.165) is 11.1 Å². The molecule has 0 atom stereocenters. The molecule has 1 aromatic heterocycles. The van der Waals surface area contributed by atoms with Crippen LogP contribution >= 0.6 is 11.6 Å². The van der Waals surface area contributed by atoms with E-state index >= 15 is 0 Å². The lowest BCUT2D eigenvalue weighted by atomic mass is 10.1. The first kappa shape index (κ1) is 18.1. The summed E-state index contributed by atoms with van der Waals surface area (Å²) in [5.41, 5.74) is 2.22. The number of nitrogens with zero attached hydrogens (tertiary/aromatic N) is 1. The first-order chi connectivity index (χ1) is 13.7. The molecule has 0 aliphatic carbocycles. The Hall–Kier alpha value is -3.25. The third-order valence-corrected chi connectivity index (χ3v) is 4.49. The molecule has 0 radical (unpaired) electrons. The van der Waals surface area contributed by atoms with Crippen LogP contribution in [0.3, 0.4) is 0 Å². The molecule has 0 bridgehead atoms. The zero-order chi connectivity index (χ0) is 19.3. The Morgan fingerprint density at radius 1 is 1.11 bits per heavy atom. The SMILES string of the molecule is O=C(/C=C/c1ccccc1Cl)NCc1cc(-c2ccc3c(c2)OCCO3)on1. The zero-order valence-corrected chi connectivity index (χ0v) is 15.6. The summed E-state index contributed by atoms with van der Waals surface area (Å²) in [6, 6.07) is 14.7. The van der Waals surface area contributed by atoms with Gasteiger partial charge in [0, 0.05) is 22.7 Å². The van der Waals surface area contributed by atoms with Gasteiger partial charge < -0.3 is 19.3 Å². The first-order valence-electron chi connectivity index (χ1n) is 8.75. The van der Waals surface area contributed by atoms with Crippen LogP contribution < -0.4 is 14.8 Å². The fourth-order valence-corrected chi connectivity index (χ4v) is 2.94. The highest BCUT2D eigenvalue weighted by Crippen LogP contribution is 2.34. The minimum atomic E-state index is -0.246. The lowest BCUT2D eigenvalue weighted by Crippen LogP contribution is -2.20. The van der Waals surface area contributed by atoms with Crippen LogP contribution in [0.25, 0.3) is 17.4 Å². The Morgan fingerprint density at radius 3 is 2.79 bits per heavy atom. The number of carbonyl (C=O) groups is 1. The Labute approximate surface area is 166 Å². The zero-order valence-electron chi connectivity index (χ0n) is 14.9. The number of aromatic nitrogens is 1. The lowest BCUT2D eigenvalue weighted by molar-refractivity contribution is -0.116. The monoisotopic (exact) mass is 396 g/mol. The van der Waals surface area contributed by atoms with Gasteiger partial charge in [-0.25, -0.2) is 0 Å². The fraction of sp³-hybridized carbons (Fsp3) is 0.143. The van der Waals surface area contributed by atoms with Gasteiger partial charge in [-0.05, 0) is 35.9 Å². The highest BCUT2D eigenvalue weighted by Gasteiger charge is 2.14. The second-order valence-electron chi connectivity index (χ2n) is 6.11. The Balaban J connectivity index is 1.37. The molecule has 2 aromatic carbocycles. The highest BCUT2D eigenvalue weighted by molar-refractivity contribution is 6.32. The summed E-state index contributed by atoms with van der Waals surface area (Å²) >= 11 is 6.06. The average Bonchev–Trinajstić information content (AvgIpc) is 3.20. The number of fused-ring (bicyclic) bond motifs is 1. The summed E-state index contributed by atoms with van der Waals surface area (Å²) in [5.74, 6) is 1.74. The number of ether oxygens (including phenoxy) is 2. The molecular formula is C21H17ClN2O4. The normalized spacial score (nSPS) is 12.9. The number of hydrogen-bond acceptors (Lipinski definition) is 5. The van der Waals surface area contributed by atoms with E-state index in [-0.39, 0.29) is 12.5 Å². The van der Waals surface area contributed by atoms with Gasteiger partial charge in [0.1, 0.15) is 18.9 Å². The van der Waals surface area contributed by atoms with Crippen molar-refractivity contribution >= 4 is 23.6 Å². The van der Waals surface area contributed by atoms with Gasteiger partial charge >= 0.3 is 0 Å². The molecule has 1 aliphatic heterocycles. The van der Waals surface area contributed by atoms with Crippen LogP contribution in [0.1, 0.15) is 11.3 Å². The maximum absolute atomic E-state index is 12.0. The van der Waals surface area contributed by atoms with E-state index in [0.29, 0.717) is 41.2 Å². The van der Waals surface area contributed by atoms with Crippen molar-refractivity contribution in [2.75, 3.05) is 13.2 Å². The number of hydrogen-bond donors (Lipinski definition) is 1. The van der Waals surface area contributed by atoms with E-state index < -0.39 is 0 Å². The topological polar surface area (TPSA) is 73.6 Å². The maximum Gasteiger partial charge on any atom is 0.244 e. The smallest absolute Gasteiger partial charge is 0.244 e. The molecule has 3 aromatic rings. The molecule has 1 aliphatic rings. The van der Waals surface area contributed by atoms with E-state index in [1.807, 2.05) is 36.4 Å². The second kappa shape index (κ2) is 8.19. The molecule has 0 saturated heterocycles. The average molecular weight is 397 g/mol. The van der Waals surface area contributed by atoms with Crippen LogP contribution in [0.4, 0.5) is 0 Å². The maximum atomic E-state index is 12.0. The van der Waals surface area contributed by atoms with Crippen molar-refractivity contribution in [1.82, 2.24) is 10.5 Å². The van der Waals surface area contributed by atoms with Crippen LogP contribution in [-0.2, 0) is 11.3 Å². The van der Waals surface area contributed by atoms with Crippen molar-refractivity contribution in [2.24, 2.45) is 0 Å². The summed E-state index contributed by atoms with van der Waals surface area (Å²) in [6.45, 7) is 1.31. The van der Waals surface area contributed by atoms with Gasteiger partial charge in [-0.3, -0.25) is 4.79 Å². The molecule has 0 saturated carbocycles. The number of halogens is 1. The molecule has 4 rings (SSSR count). The third kappa shape index (κ3) is 4.18. The van der Waals surface area contributed by atoms with Gasteiger partial charge in [0.05, 0.1) is 6.54 Å². The first-order valence-corrected chi connectivity index (χ1v) is 9.13. The largest absolute Gasteiger partial charge is 0.486 e. The van der Waals surface area contributed by atoms with Gasteiger partial charge in [-0.2, -0.15) is 0 Å². The number of carbonyl (C=O) groups excluding carboxylic acids is 1. The van der Waals surface area contributed by atoms with Crippen LogP contribution in [0.2, 0.25) is 5.02 Å². The third-order valence-electron chi connectivity index (χ3n) is 4.15. The Bertz CT molecular complexity index is 1030. The van der Waals surface area contributed by atoms with Gasteiger partial charge in [0.2, 0.25) is 5.91 Å². The molecule has 28 heavy (non-hydrogen) atoms. The summed E-state index contributed by atoms with van der Waals surface area (Å²) in [7, 11) is 0. The van der Waals surface area contributed by atoms with Gasteiger partial charge in [-0.15, -0.1) is 0 Å². The van der Waals surface area contributed by atoms with E-state index in [2.05, 4.69) is 10.5 Å². The molecule has 0 spiro atoms. The minimum absolute atomic E-state index is 0.246. The summed E-state index contributed by atoms with van der Waals surface area (Å²) in [5, 5.41) is 7.36. The van der Waals surface area contributed by atoms with Crippen LogP contribution in [0.15, 0.2) is 59.1 Å². The van der Waals surface area contributed by atoms with Crippen molar-refractivity contribution in [3.05, 3.63) is 70.9 Å². The Morgan fingerprint density at radius 2 is 1.93 bits per heavy atom. The predicted molar refractivity (Wildman–Crippen MR) is 105 cm³/mol. The lowest BCUT2D eigenvalue weighted by Gasteiger charge is -2.18. The van der Waals surface area contributed by atoms with E-state index in [4.69, 9.17) is 25.6 Å². The molecule has 142 valence electrons. The molecule has 0 fully saturated rings. The quantitative estimate of drug-likeness (QED) is 0.657. The van der Waals surface area contributed by atoms with Gasteiger partial charge in [0.15, 0.2) is 17.3 Å². The molecule has 2 heterocycles. The van der Waals surface area contributed by atoms with E-state index in [9.17, 15) is 4.79 Å². The number of nitrogens with one attached hydrogen (secondary N) is 1. The van der Waals surface area contributed by atoms with Crippen molar-refractivity contribution in [1.29, 1.82) is 0 Å². The number of amides is 1. The number of benzene rings is 2. The summed E-state index contributed by atoms with van der Waals surface area (Å²) in [6.07, 6.45) is 3.10. The van der Waals surface area contributed by atoms with Crippen molar-refractivity contribution in [3.8, 4) is 22.8 Å². The summed E-state index contributed by atoms with van der Waals surface area (Å²) < 4.78 is 16.5. The van der Waals surface area contributed by atoms with E-state index in [1.54, 1.807) is 18.2 Å². The molecule has 7 heteroatoms. The molecular weight excluding hydrogens is 380 g/mol. The summed E-state index contributed by atoms with van der Waals surface area (Å²) in [4.78, 5) is 12.0. The highest BCUT2D eigenvalue weighted by atomic mass is 35.5. The predicted octanol–water partition coefficient (Wildman–Crippen LogP) is 4.10. The minimum Gasteiger partial charge on any atom is -0.486 e. The Kier molecular flexibility index (Phi) is 5.30. The molecule has 1 amide bonds. The van der Waals surface area contributed by atoms with Crippen molar-refractivity contribution in [3.63, 3.8) is 0 Å². The molecule has 1 N–H and O–H groups in total. The van der Waals surface area contributed by atoms with Crippen molar-refractivity contribution in [2.45, 2.75) is 6.54 Å².